The zero-order valence-corrected chi connectivity index (χ0v) is 13.4. The highest BCUT2D eigenvalue weighted by Crippen LogP contribution is 2.22. The van der Waals surface area contributed by atoms with Gasteiger partial charge >= 0.3 is 0 Å². The third-order valence-electron chi connectivity index (χ3n) is 3.50. The second-order valence-electron chi connectivity index (χ2n) is 5.06. The molecule has 0 aliphatic carbocycles. The first kappa shape index (κ1) is 15.4. The van der Waals surface area contributed by atoms with E-state index in [1.807, 2.05) is 12.3 Å². The maximum absolute atomic E-state index is 5.42. The van der Waals surface area contributed by atoms with Gasteiger partial charge in [-0.25, -0.2) is 9.97 Å². The SMILES string of the molecule is CCNc1cc(N(C)CC2CCOCC2)nc(SC)n1. The van der Waals surface area contributed by atoms with Gasteiger partial charge in [0.15, 0.2) is 5.16 Å². The van der Waals surface area contributed by atoms with Crippen LogP contribution in [-0.4, -0.2) is 49.6 Å². The van der Waals surface area contributed by atoms with Gasteiger partial charge in [0.25, 0.3) is 0 Å². The summed E-state index contributed by atoms with van der Waals surface area (Å²) in [6.07, 6.45) is 4.29. The summed E-state index contributed by atoms with van der Waals surface area (Å²) in [5.74, 6) is 2.59. The van der Waals surface area contributed by atoms with Crippen LogP contribution in [0, 0.1) is 5.92 Å². The third-order valence-corrected chi connectivity index (χ3v) is 4.04. The normalized spacial score (nSPS) is 16.1. The Morgan fingerprint density at radius 3 is 2.80 bits per heavy atom. The molecule has 1 aliphatic heterocycles. The monoisotopic (exact) mass is 296 g/mol. The average Bonchev–Trinajstić information content (AvgIpc) is 2.48. The zero-order valence-electron chi connectivity index (χ0n) is 12.6. The van der Waals surface area contributed by atoms with E-state index >= 15 is 0 Å². The third kappa shape index (κ3) is 4.24. The number of hydrogen-bond acceptors (Lipinski definition) is 6. The van der Waals surface area contributed by atoms with Crippen molar-refractivity contribution in [1.29, 1.82) is 0 Å². The van der Waals surface area contributed by atoms with E-state index in [0.717, 1.165) is 55.9 Å². The van der Waals surface area contributed by atoms with E-state index in [9.17, 15) is 0 Å². The van der Waals surface area contributed by atoms with Crippen molar-refractivity contribution in [3.8, 4) is 0 Å². The minimum atomic E-state index is 0.698. The Morgan fingerprint density at radius 2 is 2.15 bits per heavy atom. The van der Waals surface area contributed by atoms with Crippen molar-refractivity contribution in [3.05, 3.63) is 6.07 Å². The fourth-order valence-corrected chi connectivity index (χ4v) is 2.76. The summed E-state index contributed by atoms with van der Waals surface area (Å²) < 4.78 is 5.42. The van der Waals surface area contributed by atoms with Gasteiger partial charge in [0.1, 0.15) is 11.6 Å². The Kier molecular flexibility index (Phi) is 5.91. The van der Waals surface area contributed by atoms with Crippen molar-refractivity contribution in [1.82, 2.24) is 9.97 Å². The van der Waals surface area contributed by atoms with Gasteiger partial charge in [0.05, 0.1) is 0 Å². The van der Waals surface area contributed by atoms with E-state index in [-0.39, 0.29) is 0 Å². The van der Waals surface area contributed by atoms with E-state index in [1.54, 1.807) is 11.8 Å². The van der Waals surface area contributed by atoms with Gasteiger partial charge in [0.2, 0.25) is 0 Å². The molecule has 0 unspecified atom stereocenters. The topological polar surface area (TPSA) is 50.3 Å². The second kappa shape index (κ2) is 7.69. The quantitative estimate of drug-likeness (QED) is 0.643. The Hall–Kier alpha value is -1.01. The van der Waals surface area contributed by atoms with Crippen molar-refractivity contribution in [2.75, 3.05) is 49.8 Å². The van der Waals surface area contributed by atoms with E-state index in [1.165, 1.54) is 0 Å². The molecule has 0 aromatic carbocycles. The van der Waals surface area contributed by atoms with Crippen LogP contribution in [0.5, 0.6) is 0 Å². The predicted molar refractivity (Wildman–Crippen MR) is 84.8 cm³/mol. The van der Waals surface area contributed by atoms with Crippen LogP contribution in [0.4, 0.5) is 11.6 Å². The van der Waals surface area contributed by atoms with Gasteiger partial charge < -0.3 is 15.0 Å². The maximum atomic E-state index is 5.42. The van der Waals surface area contributed by atoms with Crippen LogP contribution >= 0.6 is 11.8 Å². The Labute approximate surface area is 125 Å². The molecule has 0 amide bonds. The Balaban J connectivity index is 2.06. The van der Waals surface area contributed by atoms with Gasteiger partial charge in [-0.1, -0.05) is 11.8 Å². The van der Waals surface area contributed by atoms with Gasteiger partial charge in [0, 0.05) is 39.4 Å². The first-order chi connectivity index (χ1) is 9.72. The Morgan fingerprint density at radius 1 is 1.40 bits per heavy atom. The lowest BCUT2D eigenvalue weighted by Crippen LogP contribution is -2.30. The van der Waals surface area contributed by atoms with Crippen LogP contribution < -0.4 is 10.2 Å². The number of rotatable bonds is 6. The van der Waals surface area contributed by atoms with Crippen LogP contribution in [0.1, 0.15) is 19.8 Å². The summed E-state index contributed by atoms with van der Waals surface area (Å²) in [6.45, 7) is 5.75. The molecule has 0 saturated carbocycles. The lowest BCUT2D eigenvalue weighted by molar-refractivity contribution is 0.0685. The van der Waals surface area contributed by atoms with Crippen LogP contribution in [0.25, 0.3) is 0 Å². The van der Waals surface area contributed by atoms with Crippen molar-refractivity contribution < 1.29 is 4.74 Å². The highest BCUT2D eigenvalue weighted by Gasteiger charge is 2.17. The highest BCUT2D eigenvalue weighted by atomic mass is 32.2. The standard InChI is InChI=1S/C14H24N4OS/c1-4-15-12-9-13(17-14(16-12)20-3)18(2)10-11-5-7-19-8-6-11/h9,11H,4-8,10H2,1-3H3,(H,15,16,17). The molecule has 1 N–H and O–H groups in total. The molecule has 0 atom stereocenters. The molecular weight excluding hydrogens is 272 g/mol. The smallest absolute Gasteiger partial charge is 0.191 e. The van der Waals surface area contributed by atoms with Crippen LogP contribution in [0.15, 0.2) is 11.2 Å². The first-order valence-corrected chi connectivity index (χ1v) is 8.41. The van der Waals surface area contributed by atoms with Crippen LogP contribution in [0.3, 0.4) is 0 Å². The van der Waals surface area contributed by atoms with E-state index in [0.29, 0.717) is 5.92 Å². The molecule has 1 aromatic rings. The summed E-state index contributed by atoms with van der Waals surface area (Å²) in [4.78, 5) is 11.3. The summed E-state index contributed by atoms with van der Waals surface area (Å²) in [5, 5.41) is 4.09. The van der Waals surface area contributed by atoms with E-state index < -0.39 is 0 Å². The average molecular weight is 296 g/mol. The molecular formula is C14H24N4OS. The number of hydrogen-bond donors (Lipinski definition) is 1. The van der Waals surface area contributed by atoms with E-state index in [4.69, 9.17) is 4.74 Å². The van der Waals surface area contributed by atoms with Crippen LogP contribution in [0.2, 0.25) is 0 Å². The lowest BCUT2D eigenvalue weighted by atomic mass is 10.00. The first-order valence-electron chi connectivity index (χ1n) is 7.18. The summed E-state index contributed by atoms with van der Waals surface area (Å²) in [6, 6.07) is 2.03. The zero-order chi connectivity index (χ0) is 14.4. The molecule has 0 radical (unpaired) electrons. The summed E-state index contributed by atoms with van der Waals surface area (Å²) in [7, 11) is 2.11. The second-order valence-corrected chi connectivity index (χ2v) is 5.84. The number of thioether (sulfide) groups is 1. The van der Waals surface area contributed by atoms with Crippen LogP contribution in [-0.2, 0) is 4.74 Å². The summed E-state index contributed by atoms with van der Waals surface area (Å²) in [5.41, 5.74) is 0. The molecule has 6 heteroatoms. The molecule has 1 aliphatic rings. The molecule has 2 rings (SSSR count). The minimum Gasteiger partial charge on any atom is -0.381 e. The molecule has 0 bridgehead atoms. The number of anilines is 2. The number of nitrogens with zero attached hydrogens (tertiary/aromatic N) is 3. The van der Waals surface area contributed by atoms with Gasteiger partial charge in [-0.3, -0.25) is 0 Å². The molecule has 1 saturated heterocycles. The molecule has 5 nitrogen and oxygen atoms in total. The van der Waals surface area contributed by atoms with Crippen molar-refractivity contribution in [2.45, 2.75) is 24.9 Å². The summed E-state index contributed by atoms with van der Waals surface area (Å²) >= 11 is 1.58. The molecule has 1 aromatic heterocycles. The molecule has 20 heavy (non-hydrogen) atoms. The molecule has 1 fully saturated rings. The minimum absolute atomic E-state index is 0.698. The van der Waals surface area contributed by atoms with E-state index in [2.05, 4.69) is 34.2 Å². The predicted octanol–water partition coefficient (Wildman–Crippen LogP) is 2.49. The van der Waals surface area contributed by atoms with Gasteiger partial charge in [-0.15, -0.1) is 0 Å². The fraction of sp³-hybridized carbons (Fsp3) is 0.714. The number of nitrogens with one attached hydrogen (secondary N) is 1. The number of aromatic nitrogens is 2. The molecule has 112 valence electrons. The van der Waals surface area contributed by atoms with Gasteiger partial charge in [-0.05, 0) is 31.9 Å². The van der Waals surface area contributed by atoms with Crippen molar-refractivity contribution in [2.24, 2.45) is 5.92 Å². The fourth-order valence-electron chi connectivity index (χ4n) is 2.38. The molecule has 0 spiro atoms. The van der Waals surface area contributed by atoms with Crippen molar-refractivity contribution >= 4 is 23.4 Å². The lowest BCUT2D eigenvalue weighted by Gasteiger charge is -2.28. The Bertz CT molecular complexity index is 424. The largest absolute Gasteiger partial charge is 0.381 e. The maximum Gasteiger partial charge on any atom is 0.191 e. The number of ether oxygens (including phenoxy) is 1. The van der Waals surface area contributed by atoms with Crippen molar-refractivity contribution in [3.63, 3.8) is 0 Å². The van der Waals surface area contributed by atoms with Gasteiger partial charge in [-0.2, -0.15) is 0 Å². The highest BCUT2D eigenvalue weighted by molar-refractivity contribution is 7.98. The molecule has 2 heterocycles.